The maximum absolute atomic E-state index is 13.1. The molecule has 1 aliphatic rings. The fourth-order valence-corrected chi connectivity index (χ4v) is 3.39. The van der Waals surface area contributed by atoms with Crippen LogP contribution in [0.15, 0.2) is 34.9 Å². The molecule has 0 unspecified atom stereocenters. The largest absolute Gasteiger partial charge is 0.337 e. The quantitative estimate of drug-likeness (QED) is 0.762. The van der Waals surface area contributed by atoms with E-state index in [2.05, 4.69) is 10.1 Å². The Balaban J connectivity index is 1.86. The Kier molecular flexibility index (Phi) is 3.94. The second kappa shape index (κ2) is 6.13. The molecule has 0 saturated carbocycles. The Bertz CT molecular complexity index is 969. The van der Waals surface area contributed by atoms with E-state index < -0.39 is 0 Å². The summed E-state index contributed by atoms with van der Waals surface area (Å²) in [6.45, 7) is 3.01. The highest BCUT2D eigenvalue weighted by atomic mass is 35.5. The van der Waals surface area contributed by atoms with Crippen LogP contribution in [-0.4, -0.2) is 40.1 Å². The van der Waals surface area contributed by atoms with Crippen molar-refractivity contribution in [2.24, 2.45) is 5.73 Å². The molecule has 2 N–H and O–H groups in total. The van der Waals surface area contributed by atoms with Gasteiger partial charge in [-0.25, -0.2) is 4.98 Å². The molecule has 0 aliphatic carbocycles. The average Bonchev–Trinajstić information content (AvgIpc) is 3.20. The summed E-state index contributed by atoms with van der Waals surface area (Å²) in [5.41, 5.74) is 8.92. The molecule has 3 heterocycles. The van der Waals surface area contributed by atoms with Gasteiger partial charge in [0.15, 0.2) is 0 Å². The lowest BCUT2D eigenvalue weighted by atomic mass is 10.0. The Morgan fingerprint density at radius 2 is 2.24 bits per heavy atom. The number of nitrogens with zero attached hydrogens (tertiary/aromatic N) is 3. The Morgan fingerprint density at radius 1 is 1.40 bits per heavy atom. The van der Waals surface area contributed by atoms with Crippen molar-refractivity contribution < 1.29 is 9.32 Å². The molecule has 1 amide bonds. The topological polar surface area (TPSA) is 85.2 Å². The first-order valence-electron chi connectivity index (χ1n) is 8.11. The smallest absolute Gasteiger partial charge is 0.259 e. The van der Waals surface area contributed by atoms with Crippen LogP contribution in [0.5, 0.6) is 0 Å². The predicted molar refractivity (Wildman–Crippen MR) is 95.5 cm³/mol. The normalized spacial score (nSPS) is 17.4. The number of rotatable bonds is 2. The zero-order chi connectivity index (χ0) is 17.6. The first-order chi connectivity index (χ1) is 12.0. The zero-order valence-corrected chi connectivity index (χ0v) is 14.5. The number of amides is 1. The van der Waals surface area contributed by atoms with Crippen molar-refractivity contribution >= 4 is 28.6 Å². The number of aryl methyl sites for hydroxylation is 1. The van der Waals surface area contributed by atoms with Crippen molar-refractivity contribution in [3.05, 3.63) is 46.6 Å². The van der Waals surface area contributed by atoms with Gasteiger partial charge in [0.2, 0.25) is 0 Å². The molecule has 6 nitrogen and oxygen atoms in total. The van der Waals surface area contributed by atoms with Crippen LogP contribution < -0.4 is 5.73 Å². The number of benzene rings is 1. The van der Waals surface area contributed by atoms with Gasteiger partial charge in [0.05, 0.1) is 22.3 Å². The lowest BCUT2D eigenvalue weighted by molar-refractivity contribution is 0.0792. The van der Waals surface area contributed by atoms with Crippen LogP contribution in [0.4, 0.5) is 0 Å². The Hall–Kier alpha value is -2.44. The number of carbonyl (C=O) groups is 1. The van der Waals surface area contributed by atoms with E-state index in [1.54, 1.807) is 30.0 Å². The van der Waals surface area contributed by atoms with Crippen LogP contribution in [-0.2, 0) is 0 Å². The highest BCUT2D eigenvalue weighted by Crippen LogP contribution is 2.29. The molecule has 1 atom stereocenters. The molecular weight excluding hydrogens is 340 g/mol. The third kappa shape index (κ3) is 2.88. The zero-order valence-electron chi connectivity index (χ0n) is 13.7. The molecule has 1 aliphatic heterocycles. The molecule has 1 fully saturated rings. The summed E-state index contributed by atoms with van der Waals surface area (Å²) in [6, 6.07) is 9.14. The van der Waals surface area contributed by atoms with Crippen molar-refractivity contribution in [2.75, 3.05) is 13.1 Å². The molecule has 25 heavy (non-hydrogen) atoms. The van der Waals surface area contributed by atoms with Gasteiger partial charge in [0.25, 0.3) is 11.6 Å². The maximum atomic E-state index is 13.1. The molecule has 0 radical (unpaired) electrons. The highest BCUT2D eigenvalue weighted by Gasteiger charge is 2.28. The molecule has 1 saturated heterocycles. The second-order valence-electron chi connectivity index (χ2n) is 6.31. The van der Waals surface area contributed by atoms with Crippen molar-refractivity contribution in [1.82, 2.24) is 15.0 Å². The van der Waals surface area contributed by atoms with Crippen LogP contribution in [0.2, 0.25) is 5.02 Å². The van der Waals surface area contributed by atoms with Gasteiger partial charge in [0, 0.05) is 29.7 Å². The van der Waals surface area contributed by atoms with E-state index in [-0.39, 0.29) is 11.9 Å². The minimum atomic E-state index is -0.0741. The van der Waals surface area contributed by atoms with E-state index in [0.29, 0.717) is 46.2 Å². The van der Waals surface area contributed by atoms with Gasteiger partial charge in [-0.05, 0) is 31.5 Å². The van der Waals surface area contributed by atoms with Crippen molar-refractivity contribution in [2.45, 2.75) is 19.4 Å². The van der Waals surface area contributed by atoms with Gasteiger partial charge in [-0.15, -0.1) is 0 Å². The molecule has 2 aromatic heterocycles. The van der Waals surface area contributed by atoms with Gasteiger partial charge in [0.1, 0.15) is 0 Å². The molecule has 3 aromatic rings. The summed E-state index contributed by atoms with van der Waals surface area (Å²) in [4.78, 5) is 19.3. The summed E-state index contributed by atoms with van der Waals surface area (Å²) in [7, 11) is 0. The van der Waals surface area contributed by atoms with Gasteiger partial charge < -0.3 is 15.2 Å². The van der Waals surface area contributed by atoms with E-state index >= 15 is 0 Å². The molecule has 0 spiro atoms. The standard InChI is InChI=1S/C18H17ClN4O2/c1-10-16-14(18(24)23-6-5-13(20)9-23)8-15(21-17(16)25-22-10)11-3-2-4-12(19)7-11/h2-4,7-8,13H,5-6,9,20H2,1H3/t13-/m0/s1. The van der Waals surface area contributed by atoms with Gasteiger partial charge in [-0.1, -0.05) is 28.9 Å². The number of nitrogens with two attached hydrogens (primary N) is 1. The number of aromatic nitrogens is 2. The summed E-state index contributed by atoms with van der Waals surface area (Å²) in [5, 5.41) is 5.23. The fourth-order valence-electron chi connectivity index (χ4n) is 3.20. The van der Waals surface area contributed by atoms with E-state index in [4.69, 9.17) is 21.9 Å². The molecule has 0 bridgehead atoms. The molecule has 1 aromatic carbocycles. The molecular formula is C18H17ClN4O2. The van der Waals surface area contributed by atoms with Crippen LogP contribution in [0.25, 0.3) is 22.4 Å². The maximum Gasteiger partial charge on any atom is 0.259 e. The van der Waals surface area contributed by atoms with Crippen molar-refractivity contribution in [1.29, 1.82) is 0 Å². The second-order valence-corrected chi connectivity index (χ2v) is 6.75. The first kappa shape index (κ1) is 16.1. The number of hydrogen-bond acceptors (Lipinski definition) is 5. The summed E-state index contributed by atoms with van der Waals surface area (Å²) >= 11 is 6.09. The third-order valence-electron chi connectivity index (χ3n) is 4.48. The number of likely N-dealkylation sites (tertiary alicyclic amines) is 1. The van der Waals surface area contributed by atoms with Crippen LogP contribution >= 0.6 is 11.6 Å². The number of halogens is 1. The first-order valence-corrected chi connectivity index (χ1v) is 8.48. The van der Waals surface area contributed by atoms with Crippen molar-refractivity contribution in [3.8, 4) is 11.3 Å². The van der Waals surface area contributed by atoms with Gasteiger partial charge in [-0.3, -0.25) is 4.79 Å². The number of carbonyl (C=O) groups excluding carboxylic acids is 1. The average molecular weight is 357 g/mol. The number of pyridine rings is 1. The van der Waals surface area contributed by atoms with Gasteiger partial charge >= 0.3 is 0 Å². The summed E-state index contributed by atoms with van der Waals surface area (Å²) in [6.07, 6.45) is 0.809. The fraction of sp³-hybridized carbons (Fsp3) is 0.278. The van der Waals surface area contributed by atoms with Gasteiger partial charge in [-0.2, -0.15) is 0 Å². The lowest BCUT2D eigenvalue weighted by Gasteiger charge is -2.17. The summed E-state index contributed by atoms with van der Waals surface area (Å²) in [5.74, 6) is -0.0741. The SMILES string of the molecule is Cc1noc2nc(-c3cccc(Cl)c3)cc(C(=O)N3CC[C@H](N)C3)c12. The van der Waals surface area contributed by atoms with Crippen LogP contribution in [0.3, 0.4) is 0 Å². The Labute approximate surface area is 149 Å². The predicted octanol–water partition coefficient (Wildman–Crippen LogP) is 3.02. The third-order valence-corrected chi connectivity index (χ3v) is 4.71. The Morgan fingerprint density at radius 3 is 2.96 bits per heavy atom. The molecule has 4 rings (SSSR count). The molecule has 128 valence electrons. The number of fused-ring (bicyclic) bond motifs is 1. The van der Waals surface area contributed by atoms with Crippen LogP contribution in [0.1, 0.15) is 22.5 Å². The minimum absolute atomic E-state index is 0.0252. The van der Waals surface area contributed by atoms with E-state index in [0.717, 1.165) is 12.0 Å². The highest BCUT2D eigenvalue weighted by molar-refractivity contribution is 6.30. The van der Waals surface area contributed by atoms with Crippen LogP contribution in [0, 0.1) is 6.92 Å². The van der Waals surface area contributed by atoms with E-state index in [9.17, 15) is 4.79 Å². The van der Waals surface area contributed by atoms with Crippen molar-refractivity contribution in [3.63, 3.8) is 0 Å². The summed E-state index contributed by atoms with van der Waals surface area (Å²) < 4.78 is 5.33. The number of hydrogen-bond donors (Lipinski definition) is 1. The minimum Gasteiger partial charge on any atom is -0.337 e. The van der Waals surface area contributed by atoms with E-state index in [1.807, 2.05) is 12.1 Å². The molecule has 7 heteroatoms. The monoisotopic (exact) mass is 356 g/mol. The van der Waals surface area contributed by atoms with E-state index in [1.165, 1.54) is 0 Å². The lowest BCUT2D eigenvalue weighted by Crippen LogP contribution is -2.32.